The van der Waals surface area contributed by atoms with Crippen LogP contribution in [-0.4, -0.2) is 11.5 Å². The van der Waals surface area contributed by atoms with Crippen molar-refractivity contribution in [2.75, 3.05) is 6.54 Å². The molecule has 0 aromatic carbocycles. The molecule has 0 fully saturated rings. The average molecular weight is 216 g/mol. The van der Waals surface area contributed by atoms with Crippen LogP contribution >= 0.6 is 0 Å². The van der Waals surface area contributed by atoms with E-state index in [1.165, 1.54) is 11.1 Å². The van der Waals surface area contributed by atoms with Crippen molar-refractivity contribution in [1.29, 1.82) is 0 Å². The molecule has 2 nitrogen and oxygen atoms in total. The van der Waals surface area contributed by atoms with Gasteiger partial charge in [0.2, 0.25) is 0 Å². The Balaban J connectivity index is 2.86. The maximum absolute atomic E-state index is 5.33. The molecule has 1 heterocycles. The molecule has 0 bridgehead atoms. The summed E-state index contributed by atoms with van der Waals surface area (Å²) in [6.45, 7) is 5.24. The molecule has 0 spiro atoms. The van der Waals surface area contributed by atoms with E-state index in [-0.39, 0.29) is 0 Å². The Morgan fingerprint density at radius 1 is 1.50 bits per heavy atom. The summed E-state index contributed by atoms with van der Waals surface area (Å²) in [5.41, 5.74) is 2.65. The van der Waals surface area contributed by atoms with Gasteiger partial charge in [-0.25, -0.2) is 0 Å². The fraction of sp³-hybridized carbons (Fsp3) is 0.500. The third kappa shape index (κ3) is 3.36. The van der Waals surface area contributed by atoms with Crippen LogP contribution in [-0.2, 0) is 6.42 Å². The molecule has 1 aromatic rings. The zero-order valence-corrected chi connectivity index (χ0v) is 10.2. The largest absolute Gasteiger partial charge is 0.310 e. The number of terminal acetylenes is 1. The number of hydrogen-bond acceptors (Lipinski definition) is 2. The highest BCUT2D eigenvalue weighted by Gasteiger charge is 2.12. The fourth-order valence-electron chi connectivity index (χ4n) is 1.91. The van der Waals surface area contributed by atoms with Crippen LogP contribution in [0.5, 0.6) is 0 Å². The molecule has 16 heavy (non-hydrogen) atoms. The molecule has 1 atom stereocenters. The van der Waals surface area contributed by atoms with E-state index in [1.54, 1.807) is 0 Å². The van der Waals surface area contributed by atoms with Gasteiger partial charge in [-0.15, -0.1) is 12.3 Å². The first-order valence-electron chi connectivity index (χ1n) is 5.93. The van der Waals surface area contributed by atoms with Crippen LogP contribution in [0.2, 0.25) is 0 Å². The summed E-state index contributed by atoms with van der Waals surface area (Å²) in [4.78, 5) is 4.17. The van der Waals surface area contributed by atoms with Crippen LogP contribution in [0.25, 0.3) is 0 Å². The van der Waals surface area contributed by atoms with E-state index in [9.17, 15) is 0 Å². The molecule has 0 amide bonds. The number of pyridine rings is 1. The Morgan fingerprint density at radius 3 is 2.94 bits per heavy atom. The van der Waals surface area contributed by atoms with Crippen LogP contribution in [0.15, 0.2) is 18.5 Å². The standard InChI is InChI=1S/C14H20N2/c1-4-7-8-14(16-6-3)13-9-10-15-11-12(13)5-2/h1,9-11,14,16H,5-8H2,2-3H3. The minimum absolute atomic E-state index is 0.360. The Labute approximate surface area is 98.5 Å². The van der Waals surface area contributed by atoms with Crippen molar-refractivity contribution in [3.63, 3.8) is 0 Å². The van der Waals surface area contributed by atoms with Crippen molar-refractivity contribution in [1.82, 2.24) is 10.3 Å². The van der Waals surface area contributed by atoms with Gasteiger partial charge in [-0.2, -0.15) is 0 Å². The Bertz CT molecular complexity index is 352. The normalized spacial score (nSPS) is 12.1. The lowest BCUT2D eigenvalue weighted by Crippen LogP contribution is -2.22. The van der Waals surface area contributed by atoms with Crippen LogP contribution in [0.4, 0.5) is 0 Å². The second-order valence-corrected chi connectivity index (χ2v) is 3.78. The first-order valence-corrected chi connectivity index (χ1v) is 5.93. The van der Waals surface area contributed by atoms with Crippen LogP contribution in [0, 0.1) is 12.3 Å². The molecule has 0 aliphatic rings. The van der Waals surface area contributed by atoms with E-state index in [0.717, 1.165) is 25.8 Å². The molecular formula is C14H20N2. The summed E-state index contributed by atoms with van der Waals surface area (Å²) in [5.74, 6) is 2.71. The lowest BCUT2D eigenvalue weighted by atomic mass is 9.97. The minimum atomic E-state index is 0.360. The van der Waals surface area contributed by atoms with Crippen molar-refractivity contribution in [3.05, 3.63) is 29.6 Å². The maximum atomic E-state index is 5.33. The lowest BCUT2D eigenvalue weighted by Gasteiger charge is -2.19. The van der Waals surface area contributed by atoms with E-state index in [4.69, 9.17) is 6.42 Å². The van der Waals surface area contributed by atoms with E-state index >= 15 is 0 Å². The van der Waals surface area contributed by atoms with Gasteiger partial charge in [-0.05, 0) is 36.6 Å². The molecule has 0 saturated heterocycles. The van der Waals surface area contributed by atoms with E-state index in [0.29, 0.717) is 6.04 Å². The van der Waals surface area contributed by atoms with Crippen molar-refractivity contribution in [2.24, 2.45) is 0 Å². The molecule has 0 radical (unpaired) electrons. The molecule has 1 N–H and O–H groups in total. The molecule has 1 unspecified atom stereocenters. The van der Waals surface area contributed by atoms with E-state index < -0.39 is 0 Å². The summed E-state index contributed by atoms with van der Waals surface area (Å²) in [6.07, 6.45) is 12.0. The zero-order chi connectivity index (χ0) is 11.8. The summed E-state index contributed by atoms with van der Waals surface area (Å²) < 4.78 is 0. The van der Waals surface area contributed by atoms with Gasteiger partial charge in [0.15, 0.2) is 0 Å². The highest BCUT2D eigenvalue weighted by atomic mass is 14.9. The van der Waals surface area contributed by atoms with Crippen LogP contribution in [0.3, 0.4) is 0 Å². The third-order valence-electron chi connectivity index (χ3n) is 2.73. The topological polar surface area (TPSA) is 24.9 Å². The smallest absolute Gasteiger partial charge is 0.0333 e. The molecule has 0 aliphatic carbocycles. The molecular weight excluding hydrogens is 196 g/mol. The first kappa shape index (κ1) is 12.7. The number of aromatic nitrogens is 1. The zero-order valence-electron chi connectivity index (χ0n) is 10.2. The average Bonchev–Trinajstić information content (AvgIpc) is 2.34. The second-order valence-electron chi connectivity index (χ2n) is 3.78. The molecule has 0 aliphatic heterocycles. The molecule has 1 aromatic heterocycles. The Kier molecular flexibility index (Phi) is 5.60. The highest BCUT2D eigenvalue weighted by molar-refractivity contribution is 5.27. The van der Waals surface area contributed by atoms with Gasteiger partial charge in [-0.3, -0.25) is 4.98 Å². The van der Waals surface area contributed by atoms with Crippen LogP contribution in [0.1, 0.15) is 43.9 Å². The predicted octanol–water partition coefficient (Wildman–Crippen LogP) is 2.71. The monoisotopic (exact) mass is 216 g/mol. The van der Waals surface area contributed by atoms with Crippen LogP contribution < -0.4 is 5.32 Å². The number of nitrogens with zero attached hydrogens (tertiary/aromatic N) is 1. The Hall–Kier alpha value is -1.33. The van der Waals surface area contributed by atoms with Crippen molar-refractivity contribution in [3.8, 4) is 12.3 Å². The minimum Gasteiger partial charge on any atom is -0.310 e. The van der Waals surface area contributed by atoms with Gasteiger partial charge in [-0.1, -0.05) is 13.8 Å². The predicted molar refractivity (Wildman–Crippen MR) is 68.1 cm³/mol. The number of hydrogen-bond donors (Lipinski definition) is 1. The highest BCUT2D eigenvalue weighted by Crippen LogP contribution is 2.21. The maximum Gasteiger partial charge on any atom is 0.0333 e. The fourth-order valence-corrected chi connectivity index (χ4v) is 1.91. The lowest BCUT2D eigenvalue weighted by molar-refractivity contribution is 0.518. The quantitative estimate of drug-likeness (QED) is 0.740. The van der Waals surface area contributed by atoms with Gasteiger partial charge in [0.25, 0.3) is 0 Å². The first-order chi connectivity index (χ1) is 7.83. The van der Waals surface area contributed by atoms with Crippen molar-refractivity contribution >= 4 is 0 Å². The summed E-state index contributed by atoms with van der Waals surface area (Å²) in [6, 6.07) is 2.46. The molecule has 86 valence electrons. The van der Waals surface area contributed by atoms with Gasteiger partial charge in [0, 0.05) is 24.9 Å². The second kappa shape index (κ2) is 7.03. The van der Waals surface area contributed by atoms with Gasteiger partial charge in [0.1, 0.15) is 0 Å². The number of aryl methyl sites for hydroxylation is 1. The molecule has 0 saturated carbocycles. The van der Waals surface area contributed by atoms with E-state index in [1.807, 2.05) is 12.4 Å². The number of nitrogens with one attached hydrogen (secondary N) is 1. The van der Waals surface area contributed by atoms with Crippen molar-refractivity contribution in [2.45, 2.75) is 39.2 Å². The Morgan fingerprint density at radius 2 is 2.31 bits per heavy atom. The van der Waals surface area contributed by atoms with Crippen molar-refractivity contribution < 1.29 is 0 Å². The summed E-state index contributed by atoms with van der Waals surface area (Å²) in [5, 5.41) is 3.49. The van der Waals surface area contributed by atoms with Gasteiger partial charge < -0.3 is 5.32 Å². The van der Waals surface area contributed by atoms with Gasteiger partial charge in [0.05, 0.1) is 0 Å². The molecule has 2 heteroatoms. The number of rotatable bonds is 6. The summed E-state index contributed by atoms with van der Waals surface area (Å²) in [7, 11) is 0. The van der Waals surface area contributed by atoms with E-state index in [2.05, 4.69) is 36.1 Å². The summed E-state index contributed by atoms with van der Waals surface area (Å²) >= 11 is 0. The molecule has 1 rings (SSSR count). The van der Waals surface area contributed by atoms with Gasteiger partial charge >= 0.3 is 0 Å². The SMILES string of the molecule is C#CCCC(NCC)c1ccncc1CC. The third-order valence-corrected chi connectivity index (χ3v) is 2.73.